The van der Waals surface area contributed by atoms with Crippen LogP contribution in [0.4, 0.5) is 0 Å². The van der Waals surface area contributed by atoms with Crippen LogP contribution in [0.5, 0.6) is 11.5 Å². The van der Waals surface area contributed by atoms with Crippen LogP contribution in [0.3, 0.4) is 0 Å². The number of carboxylic acids is 1. The minimum absolute atomic E-state index is 0.111. The van der Waals surface area contributed by atoms with Gasteiger partial charge in [-0.25, -0.2) is 9.59 Å². The SMILES string of the molecule is CCOC(=O)C(Cc1ccc(OC(=S)N2CCOCC2)cc1)NC(=O)c1ccccc1Cl.O=C(NC(Cc1ccc(OC(=S)N2CCOCC2)cc1)C(=O)O)c1ccccc1Cl. The molecule has 3 N–H and O–H groups in total. The number of rotatable bonds is 13. The first-order chi connectivity index (χ1) is 29.9. The number of amides is 2. The summed E-state index contributed by atoms with van der Waals surface area (Å²) in [7, 11) is 0. The number of halogens is 2. The highest BCUT2D eigenvalue weighted by molar-refractivity contribution is 7.80. The third-order valence-corrected chi connectivity index (χ3v) is 10.7. The molecule has 0 radical (unpaired) electrons. The maximum absolute atomic E-state index is 12.6. The predicted octanol–water partition coefficient (Wildman–Crippen LogP) is 6.00. The lowest BCUT2D eigenvalue weighted by Gasteiger charge is -2.28. The van der Waals surface area contributed by atoms with Gasteiger partial charge < -0.3 is 49.2 Å². The van der Waals surface area contributed by atoms with Gasteiger partial charge in [-0.2, -0.15) is 0 Å². The Morgan fingerprint density at radius 1 is 0.645 bits per heavy atom. The standard InChI is InChI=1S/C23H25ClN2O5S.C21H21ClN2O5S/c1-2-30-22(28)20(25-21(27)18-5-3-4-6-19(18)24)15-16-7-9-17(10-8-16)31-23(32)26-11-13-29-14-12-26;22-17-4-2-1-3-16(17)19(25)23-18(20(26)27)13-14-5-7-15(8-6-14)29-21(30)24-9-11-28-12-10-24/h3-10,20H,2,11-15H2,1H3,(H,25,27);1-8,18H,9-13H2,(H,23,25)(H,26,27). The van der Waals surface area contributed by atoms with E-state index in [0.717, 1.165) is 11.1 Å². The molecule has 6 rings (SSSR count). The number of carbonyl (C=O) groups excluding carboxylic acids is 3. The van der Waals surface area contributed by atoms with Crippen LogP contribution < -0.4 is 20.1 Å². The number of nitrogens with zero attached hydrogens (tertiary/aromatic N) is 2. The molecule has 2 amide bonds. The normalized spacial score (nSPS) is 14.5. The Morgan fingerprint density at radius 3 is 1.42 bits per heavy atom. The molecule has 2 heterocycles. The summed E-state index contributed by atoms with van der Waals surface area (Å²) in [5, 5.41) is 16.1. The van der Waals surface area contributed by atoms with Crippen molar-refractivity contribution in [3.8, 4) is 11.5 Å². The van der Waals surface area contributed by atoms with Gasteiger partial charge in [0.1, 0.15) is 23.6 Å². The van der Waals surface area contributed by atoms with Crippen molar-refractivity contribution in [2.45, 2.75) is 31.8 Å². The van der Waals surface area contributed by atoms with Gasteiger partial charge in [-0.3, -0.25) is 9.59 Å². The monoisotopic (exact) mass is 924 g/mol. The Hall–Kier alpha value is -5.36. The zero-order valence-corrected chi connectivity index (χ0v) is 36.9. The number of thiocarbonyl (C=S) groups is 2. The smallest absolute Gasteiger partial charge is 0.328 e. The summed E-state index contributed by atoms with van der Waals surface area (Å²) in [5.41, 5.74) is 2.08. The van der Waals surface area contributed by atoms with Crippen LogP contribution in [0.2, 0.25) is 10.0 Å². The molecule has 2 fully saturated rings. The van der Waals surface area contributed by atoms with E-state index in [1.165, 1.54) is 0 Å². The minimum Gasteiger partial charge on any atom is -0.480 e. The molecule has 0 bridgehead atoms. The molecule has 2 aliphatic heterocycles. The molecule has 0 saturated carbocycles. The van der Waals surface area contributed by atoms with Crippen molar-refractivity contribution in [1.82, 2.24) is 20.4 Å². The van der Waals surface area contributed by atoms with E-state index in [9.17, 15) is 24.3 Å². The average molecular weight is 926 g/mol. The van der Waals surface area contributed by atoms with E-state index in [0.29, 0.717) is 85.0 Å². The highest BCUT2D eigenvalue weighted by Crippen LogP contribution is 2.20. The number of nitrogens with one attached hydrogen (secondary N) is 2. The highest BCUT2D eigenvalue weighted by Gasteiger charge is 2.25. The molecular formula is C44H46Cl2N4O10S2. The van der Waals surface area contributed by atoms with Gasteiger partial charge in [0, 0.05) is 39.0 Å². The number of esters is 1. The van der Waals surface area contributed by atoms with Crippen molar-refractivity contribution in [3.63, 3.8) is 0 Å². The second-order valence-electron chi connectivity index (χ2n) is 13.7. The van der Waals surface area contributed by atoms with Crippen molar-refractivity contribution in [1.29, 1.82) is 0 Å². The van der Waals surface area contributed by atoms with Crippen LogP contribution in [0, 0.1) is 0 Å². The van der Waals surface area contributed by atoms with Crippen LogP contribution in [0.25, 0.3) is 0 Å². The van der Waals surface area contributed by atoms with Crippen molar-refractivity contribution in [2.24, 2.45) is 0 Å². The third-order valence-electron chi connectivity index (χ3n) is 9.39. The van der Waals surface area contributed by atoms with E-state index in [4.69, 9.17) is 71.3 Å². The number of aliphatic carboxylic acids is 1. The van der Waals surface area contributed by atoms with Gasteiger partial charge in [-0.05, 0) is 91.0 Å². The molecule has 0 aliphatic carbocycles. The largest absolute Gasteiger partial charge is 0.480 e. The molecule has 2 aliphatic rings. The van der Waals surface area contributed by atoms with Crippen molar-refractivity contribution in [2.75, 3.05) is 59.2 Å². The topological polar surface area (TPSA) is 165 Å². The fourth-order valence-corrected chi connectivity index (χ4v) is 7.08. The summed E-state index contributed by atoms with van der Waals surface area (Å²) < 4.78 is 27.2. The molecule has 0 aromatic heterocycles. The quantitative estimate of drug-likeness (QED) is 0.106. The molecule has 2 atom stereocenters. The molecule has 328 valence electrons. The fourth-order valence-electron chi connectivity index (χ4n) is 6.08. The number of hydrogen-bond acceptors (Lipinski definition) is 11. The summed E-state index contributed by atoms with van der Waals surface area (Å²) in [4.78, 5) is 53.0. The lowest BCUT2D eigenvalue weighted by molar-refractivity contribution is -0.145. The number of carboxylic acid groups (broad SMARTS) is 1. The first-order valence-electron chi connectivity index (χ1n) is 19.7. The number of morpholine rings is 2. The summed E-state index contributed by atoms with van der Waals surface area (Å²) >= 11 is 22.8. The fraction of sp³-hybridized carbons (Fsp3) is 0.318. The Bertz CT molecular complexity index is 2170. The zero-order valence-electron chi connectivity index (χ0n) is 33.8. The predicted molar refractivity (Wildman–Crippen MR) is 241 cm³/mol. The van der Waals surface area contributed by atoms with Crippen molar-refractivity contribution < 1.29 is 48.0 Å². The molecule has 4 aromatic carbocycles. The Labute approximate surface area is 380 Å². The van der Waals surface area contributed by atoms with Gasteiger partial charge in [0.15, 0.2) is 0 Å². The Morgan fingerprint density at radius 2 is 1.03 bits per heavy atom. The summed E-state index contributed by atoms with van der Waals surface area (Å²) in [5.74, 6) is -1.47. The average Bonchev–Trinajstić information content (AvgIpc) is 3.28. The van der Waals surface area contributed by atoms with E-state index in [1.807, 2.05) is 21.9 Å². The lowest BCUT2D eigenvalue weighted by Crippen LogP contribution is -2.43. The summed E-state index contributed by atoms with van der Waals surface area (Å²) in [6.07, 6.45) is 0.364. The number of hydrogen-bond donors (Lipinski definition) is 3. The first kappa shape index (κ1) is 47.7. The van der Waals surface area contributed by atoms with Gasteiger partial charge in [-0.15, -0.1) is 0 Å². The van der Waals surface area contributed by atoms with Gasteiger partial charge in [-0.1, -0.05) is 71.7 Å². The molecule has 2 unspecified atom stereocenters. The maximum Gasteiger partial charge on any atom is 0.328 e. The third kappa shape index (κ3) is 14.6. The van der Waals surface area contributed by atoms with Gasteiger partial charge >= 0.3 is 11.9 Å². The van der Waals surface area contributed by atoms with E-state index < -0.39 is 35.8 Å². The molecule has 62 heavy (non-hydrogen) atoms. The minimum atomic E-state index is -1.13. The van der Waals surface area contributed by atoms with Gasteiger partial charge in [0.25, 0.3) is 22.2 Å². The van der Waals surface area contributed by atoms with Crippen LogP contribution >= 0.6 is 47.6 Å². The van der Waals surface area contributed by atoms with Crippen molar-refractivity contribution in [3.05, 3.63) is 129 Å². The summed E-state index contributed by atoms with van der Waals surface area (Å²) in [6.45, 7) is 7.15. The van der Waals surface area contributed by atoms with Gasteiger partial charge in [0.05, 0.1) is 54.2 Å². The lowest BCUT2D eigenvalue weighted by atomic mass is 10.0. The van der Waals surface area contributed by atoms with E-state index in [2.05, 4.69) is 10.6 Å². The number of carbonyl (C=O) groups is 4. The van der Waals surface area contributed by atoms with E-state index >= 15 is 0 Å². The second kappa shape index (κ2) is 24.3. The van der Waals surface area contributed by atoms with E-state index in [-0.39, 0.29) is 30.0 Å². The van der Waals surface area contributed by atoms with Crippen LogP contribution in [0.1, 0.15) is 38.8 Å². The highest BCUT2D eigenvalue weighted by atomic mass is 35.5. The van der Waals surface area contributed by atoms with E-state index in [1.54, 1.807) is 91.9 Å². The Kier molecular flexibility index (Phi) is 18.7. The van der Waals surface area contributed by atoms with Crippen molar-refractivity contribution >= 4 is 81.7 Å². The molecular weight excluding hydrogens is 880 g/mol. The maximum atomic E-state index is 12.6. The zero-order chi connectivity index (χ0) is 44.4. The molecule has 4 aromatic rings. The summed E-state index contributed by atoms with van der Waals surface area (Å²) in [6, 6.07) is 25.3. The molecule has 0 spiro atoms. The van der Waals surface area contributed by atoms with Crippen LogP contribution in [0.15, 0.2) is 97.1 Å². The van der Waals surface area contributed by atoms with Gasteiger partial charge in [0.2, 0.25) is 0 Å². The molecule has 18 heteroatoms. The second-order valence-corrected chi connectivity index (χ2v) is 15.2. The van der Waals surface area contributed by atoms with Crippen LogP contribution in [-0.4, -0.2) is 120 Å². The molecule has 14 nitrogen and oxygen atoms in total. The number of benzene rings is 4. The Balaban J connectivity index is 0.000000235. The van der Waals surface area contributed by atoms with Crippen LogP contribution in [-0.2, 0) is 36.6 Å². The molecule has 2 saturated heterocycles. The first-order valence-corrected chi connectivity index (χ1v) is 21.3. The number of ether oxygens (including phenoxy) is 5.